The number of rotatable bonds is 9. The lowest BCUT2D eigenvalue weighted by Gasteiger charge is -2.11. The van der Waals surface area contributed by atoms with Crippen molar-refractivity contribution in [3.05, 3.63) is 64.7 Å². The average Bonchev–Trinajstić information content (AvgIpc) is 2.71. The molecule has 0 fully saturated rings. The first-order valence-corrected chi connectivity index (χ1v) is 9.07. The van der Waals surface area contributed by atoms with Gasteiger partial charge in [-0.2, -0.15) is 0 Å². The van der Waals surface area contributed by atoms with Gasteiger partial charge in [-0.3, -0.25) is 4.79 Å². The Balaban J connectivity index is 1.86. The van der Waals surface area contributed by atoms with Gasteiger partial charge in [-0.1, -0.05) is 41.9 Å². The zero-order valence-electron chi connectivity index (χ0n) is 15.7. The number of benzene rings is 2. The molecule has 0 aliphatic heterocycles. The number of ether oxygens (including phenoxy) is 3. The van der Waals surface area contributed by atoms with Gasteiger partial charge in [0.15, 0.2) is 18.1 Å². The molecule has 0 bridgehead atoms. The summed E-state index contributed by atoms with van der Waals surface area (Å²) < 4.78 is 15.6. The molecule has 2 rings (SSSR count). The molecule has 0 aromatic heterocycles. The predicted octanol–water partition coefficient (Wildman–Crippen LogP) is 3.62. The van der Waals surface area contributed by atoms with Crippen molar-refractivity contribution in [2.45, 2.75) is 13.5 Å². The quantitative estimate of drug-likeness (QED) is 0.511. The van der Waals surface area contributed by atoms with Gasteiger partial charge in [-0.25, -0.2) is 4.79 Å². The number of carbonyl (C=O) groups is 2. The number of nitrogens with one attached hydrogen (secondary N) is 1. The summed E-state index contributed by atoms with van der Waals surface area (Å²) in [4.78, 5) is 23.6. The van der Waals surface area contributed by atoms with E-state index in [4.69, 9.17) is 25.8 Å². The highest BCUT2D eigenvalue weighted by molar-refractivity contribution is 6.32. The van der Waals surface area contributed by atoms with Crippen LogP contribution in [0.1, 0.15) is 18.1 Å². The SMILES string of the molecule is CCOc1c(Cl)cc(/C=C/C(=O)OCC(=O)NCc2ccccc2)cc1OC. The lowest BCUT2D eigenvalue weighted by atomic mass is 10.2. The molecular weight excluding hydrogens is 382 g/mol. The van der Waals surface area contributed by atoms with E-state index in [1.807, 2.05) is 37.3 Å². The highest BCUT2D eigenvalue weighted by Crippen LogP contribution is 2.36. The van der Waals surface area contributed by atoms with Gasteiger partial charge in [0.25, 0.3) is 5.91 Å². The maximum absolute atomic E-state index is 11.8. The molecule has 0 atom stereocenters. The normalized spacial score (nSPS) is 10.5. The molecule has 0 heterocycles. The van der Waals surface area contributed by atoms with Crippen LogP contribution < -0.4 is 14.8 Å². The molecule has 0 saturated heterocycles. The molecule has 1 N–H and O–H groups in total. The van der Waals surface area contributed by atoms with Crippen molar-refractivity contribution in [3.63, 3.8) is 0 Å². The fraction of sp³-hybridized carbons (Fsp3) is 0.238. The van der Waals surface area contributed by atoms with Gasteiger partial charge in [0.2, 0.25) is 0 Å². The van der Waals surface area contributed by atoms with Crippen LogP contribution in [0, 0.1) is 0 Å². The Kier molecular flexibility index (Phi) is 8.37. The zero-order valence-corrected chi connectivity index (χ0v) is 16.5. The van der Waals surface area contributed by atoms with Crippen LogP contribution >= 0.6 is 11.6 Å². The molecule has 0 spiro atoms. The summed E-state index contributed by atoms with van der Waals surface area (Å²) in [7, 11) is 1.50. The minimum absolute atomic E-state index is 0.358. The number of halogens is 1. The van der Waals surface area contributed by atoms with Crippen molar-refractivity contribution in [2.75, 3.05) is 20.3 Å². The van der Waals surface area contributed by atoms with Crippen LogP contribution in [0.5, 0.6) is 11.5 Å². The van der Waals surface area contributed by atoms with E-state index in [0.717, 1.165) is 5.56 Å². The van der Waals surface area contributed by atoms with E-state index < -0.39 is 5.97 Å². The monoisotopic (exact) mass is 403 g/mol. The molecule has 6 nitrogen and oxygen atoms in total. The summed E-state index contributed by atoms with van der Waals surface area (Å²) in [6.45, 7) is 2.31. The molecule has 0 radical (unpaired) electrons. The maximum Gasteiger partial charge on any atom is 0.331 e. The van der Waals surface area contributed by atoms with Crippen molar-refractivity contribution in [1.29, 1.82) is 0 Å². The Morgan fingerprint density at radius 3 is 2.61 bits per heavy atom. The molecule has 0 aliphatic rings. The van der Waals surface area contributed by atoms with Gasteiger partial charge in [-0.15, -0.1) is 0 Å². The molecule has 0 saturated carbocycles. The Morgan fingerprint density at radius 2 is 1.93 bits per heavy atom. The summed E-state index contributed by atoms with van der Waals surface area (Å²) in [5.41, 5.74) is 1.60. The fourth-order valence-electron chi connectivity index (χ4n) is 2.32. The summed E-state index contributed by atoms with van der Waals surface area (Å²) in [5.74, 6) is -0.112. The van der Waals surface area contributed by atoms with E-state index >= 15 is 0 Å². The third kappa shape index (κ3) is 6.63. The van der Waals surface area contributed by atoms with Gasteiger partial charge in [0.1, 0.15) is 0 Å². The van der Waals surface area contributed by atoms with Crippen molar-refractivity contribution >= 4 is 29.6 Å². The van der Waals surface area contributed by atoms with E-state index in [1.165, 1.54) is 19.3 Å². The van der Waals surface area contributed by atoms with Gasteiger partial charge in [-0.05, 0) is 36.3 Å². The summed E-state index contributed by atoms with van der Waals surface area (Å²) in [5, 5.41) is 3.05. The fourth-order valence-corrected chi connectivity index (χ4v) is 2.59. The Bertz CT molecular complexity index is 836. The lowest BCUT2D eigenvalue weighted by molar-refractivity contribution is -0.143. The molecule has 28 heavy (non-hydrogen) atoms. The van der Waals surface area contributed by atoms with Crippen LogP contribution in [-0.2, 0) is 20.9 Å². The van der Waals surface area contributed by atoms with Crippen LogP contribution in [0.3, 0.4) is 0 Å². The smallest absolute Gasteiger partial charge is 0.331 e. The zero-order chi connectivity index (χ0) is 20.4. The molecular formula is C21H22ClNO5. The Morgan fingerprint density at radius 1 is 1.18 bits per heavy atom. The second kappa shape index (κ2) is 11.0. The molecule has 7 heteroatoms. The van der Waals surface area contributed by atoms with E-state index in [1.54, 1.807) is 12.1 Å². The largest absolute Gasteiger partial charge is 0.493 e. The first kappa shape index (κ1) is 21.3. The van der Waals surface area contributed by atoms with Crippen molar-refractivity contribution in [3.8, 4) is 11.5 Å². The second-order valence-electron chi connectivity index (χ2n) is 5.67. The highest BCUT2D eigenvalue weighted by atomic mass is 35.5. The van der Waals surface area contributed by atoms with Crippen LogP contribution in [0.2, 0.25) is 5.02 Å². The molecule has 0 aliphatic carbocycles. The van der Waals surface area contributed by atoms with E-state index in [-0.39, 0.29) is 12.5 Å². The summed E-state index contributed by atoms with van der Waals surface area (Å²) in [6, 6.07) is 12.8. The van der Waals surface area contributed by atoms with Crippen LogP contribution in [-0.4, -0.2) is 32.2 Å². The Hall–Kier alpha value is -2.99. The van der Waals surface area contributed by atoms with E-state index in [9.17, 15) is 9.59 Å². The molecule has 2 aromatic rings. The van der Waals surface area contributed by atoms with Crippen molar-refractivity contribution < 1.29 is 23.8 Å². The number of carbonyl (C=O) groups excluding carboxylic acids is 2. The average molecular weight is 404 g/mol. The third-order valence-corrected chi connectivity index (χ3v) is 3.91. The number of esters is 1. The molecule has 148 valence electrons. The summed E-state index contributed by atoms with van der Waals surface area (Å²) in [6.07, 6.45) is 2.74. The summed E-state index contributed by atoms with van der Waals surface area (Å²) >= 11 is 6.19. The first-order valence-electron chi connectivity index (χ1n) is 8.69. The standard InChI is InChI=1S/C21H22ClNO5/c1-3-27-21-17(22)11-16(12-18(21)26-2)9-10-20(25)28-14-19(24)23-13-15-7-5-4-6-8-15/h4-12H,3,13-14H2,1-2H3,(H,23,24)/b10-9+. The van der Waals surface area contributed by atoms with Crippen molar-refractivity contribution in [1.82, 2.24) is 5.32 Å². The minimum atomic E-state index is -0.640. The van der Waals surface area contributed by atoms with Gasteiger partial charge < -0.3 is 19.5 Å². The number of methoxy groups -OCH3 is 1. The van der Waals surface area contributed by atoms with E-state index in [2.05, 4.69) is 5.32 Å². The third-order valence-electron chi connectivity index (χ3n) is 3.63. The number of hydrogen-bond acceptors (Lipinski definition) is 5. The van der Waals surface area contributed by atoms with Crippen molar-refractivity contribution in [2.24, 2.45) is 0 Å². The minimum Gasteiger partial charge on any atom is -0.493 e. The first-order chi connectivity index (χ1) is 13.5. The van der Waals surface area contributed by atoms with Gasteiger partial charge >= 0.3 is 5.97 Å². The maximum atomic E-state index is 11.8. The van der Waals surface area contributed by atoms with Gasteiger partial charge in [0, 0.05) is 12.6 Å². The second-order valence-corrected chi connectivity index (χ2v) is 6.08. The number of amides is 1. The van der Waals surface area contributed by atoms with Gasteiger partial charge in [0.05, 0.1) is 18.7 Å². The lowest BCUT2D eigenvalue weighted by Crippen LogP contribution is -2.28. The molecule has 0 unspecified atom stereocenters. The van der Waals surface area contributed by atoms with E-state index in [0.29, 0.717) is 35.2 Å². The Labute approximate surface area is 169 Å². The highest BCUT2D eigenvalue weighted by Gasteiger charge is 2.11. The van der Waals surface area contributed by atoms with Crippen LogP contribution in [0.4, 0.5) is 0 Å². The number of hydrogen-bond donors (Lipinski definition) is 1. The topological polar surface area (TPSA) is 73.9 Å². The molecule has 1 amide bonds. The van der Waals surface area contributed by atoms with Crippen LogP contribution in [0.25, 0.3) is 6.08 Å². The molecule has 2 aromatic carbocycles. The predicted molar refractivity (Wildman–Crippen MR) is 107 cm³/mol. The van der Waals surface area contributed by atoms with Crippen LogP contribution in [0.15, 0.2) is 48.5 Å².